The van der Waals surface area contributed by atoms with Crippen LogP contribution >= 0.6 is 0 Å². The molecule has 136 valence electrons. The van der Waals surface area contributed by atoms with Crippen LogP contribution in [0.15, 0.2) is 66.0 Å². The number of carbonyl (C=O) groups excluding carboxylic acids is 1. The van der Waals surface area contributed by atoms with E-state index in [1.807, 2.05) is 37.3 Å². The molecule has 0 saturated carbocycles. The Hall–Kier alpha value is -3.41. The Balaban J connectivity index is 1.70. The topological polar surface area (TPSA) is 84.3 Å². The van der Waals surface area contributed by atoms with Gasteiger partial charge in [-0.25, -0.2) is 9.97 Å². The fourth-order valence-electron chi connectivity index (χ4n) is 2.71. The van der Waals surface area contributed by atoms with Gasteiger partial charge in [0.2, 0.25) is 5.91 Å². The van der Waals surface area contributed by atoms with Crippen LogP contribution in [0.3, 0.4) is 0 Å². The largest absolute Gasteiger partial charge is 0.309 e. The molecule has 1 amide bonds. The lowest BCUT2D eigenvalue weighted by Gasteiger charge is -2.10. The monoisotopic (exact) mass is 360 g/mol. The van der Waals surface area contributed by atoms with Crippen molar-refractivity contribution in [2.24, 2.45) is 5.18 Å². The van der Waals surface area contributed by atoms with Gasteiger partial charge in [0.05, 0.1) is 17.6 Å². The van der Waals surface area contributed by atoms with E-state index in [-0.39, 0.29) is 5.91 Å². The zero-order valence-electron chi connectivity index (χ0n) is 15.1. The molecule has 0 saturated heterocycles. The lowest BCUT2D eigenvalue weighted by Crippen LogP contribution is -2.15. The minimum atomic E-state index is -0.0861. The Kier molecular flexibility index (Phi) is 5.99. The summed E-state index contributed by atoms with van der Waals surface area (Å²) < 4.78 is 0. The SMILES string of the molecule is CCc1nc(-c2ccc(N=O)cc2)cnc1NC(=O)CCc1ccccc1. The number of nitroso groups, excluding NO2 is 1. The average molecular weight is 360 g/mol. The first kappa shape index (κ1) is 18.4. The van der Waals surface area contributed by atoms with Crippen molar-refractivity contribution in [1.29, 1.82) is 0 Å². The number of anilines is 1. The zero-order valence-corrected chi connectivity index (χ0v) is 15.1. The lowest BCUT2D eigenvalue weighted by molar-refractivity contribution is -0.116. The predicted octanol–water partition coefficient (Wildman–Crippen LogP) is 4.68. The molecule has 1 N–H and O–H groups in total. The second-order valence-electron chi connectivity index (χ2n) is 6.08. The van der Waals surface area contributed by atoms with Crippen molar-refractivity contribution in [2.45, 2.75) is 26.2 Å². The van der Waals surface area contributed by atoms with Gasteiger partial charge in [-0.3, -0.25) is 4.79 Å². The maximum Gasteiger partial charge on any atom is 0.225 e. The summed E-state index contributed by atoms with van der Waals surface area (Å²) in [6.45, 7) is 1.97. The van der Waals surface area contributed by atoms with Gasteiger partial charge < -0.3 is 5.32 Å². The van der Waals surface area contributed by atoms with E-state index in [9.17, 15) is 9.70 Å². The maximum absolute atomic E-state index is 12.3. The molecule has 27 heavy (non-hydrogen) atoms. The normalized spacial score (nSPS) is 10.4. The average Bonchev–Trinajstić information content (AvgIpc) is 2.73. The van der Waals surface area contributed by atoms with Crippen LogP contribution in [-0.4, -0.2) is 15.9 Å². The van der Waals surface area contributed by atoms with Crippen molar-refractivity contribution in [3.63, 3.8) is 0 Å². The Labute approximate surface area is 157 Å². The van der Waals surface area contributed by atoms with E-state index in [4.69, 9.17) is 0 Å². The van der Waals surface area contributed by atoms with Crippen LogP contribution < -0.4 is 5.32 Å². The third kappa shape index (κ3) is 4.82. The highest BCUT2D eigenvalue weighted by Crippen LogP contribution is 2.23. The summed E-state index contributed by atoms with van der Waals surface area (Å²) in [6, 6.07) is 16.7. The van der Waals surface area contributed by atoms with E-state index < -0.39 is 0 Å². The molecular formula is C21H20N4O2. The standard InChI is InChI=1S/C21H20N4O2/c1-2-18-21(24-20(26)13-8-15-6-4-3-5-7-15)22-14-19(23-18)16-9-11-17(25-27)12-10-16/h3-7,9-12,14H,2,8,13H2,1H3,(H,22,24,26). The van der Waals surface area contributed by atoms with Gasteiger partial charge in [-0.15, -0.1) is 4.91 Å². The van der Waals surface area contributed by atoms with E-state index in [0.29, 0.717) is 36.5 Å². The van der Waals surface area contributed by atoms with Crippen molar-refractivity contribution >= 4 is 17.4 Å². The van der Waals surface area contributed by atoms with Crippen LogP contribution in [0.25, 0.3) is 11.3 Å². The van der Waals surface area contributed by atoms with Gasteiger partial charge in [0, 0.05) is 12.0 Å². The van der Waals surface area contributed by atoms with Crippen LogP contribution in [0.2, 0.25) is 0 Å². The third-order valence-electron chi connectivity index (χ3n) is 4.19. The minimum absolute atomic E-state index is 0.0861. The molecule has 6 heteroatoms. The van der Waals surface area contributed by atoms with Crippen LogP contribution in [0.5, 0.6) is 0 Å². The first-order valence-electron chi connectivity index (χ1n) is 8.83. The van der Waals surface area contributed by atoms with Crippen LogP contribution in [0, 0.1) is 4.91 Å². The number of benzene rings is 2. The molecule has 0 aliphatic carbocycles. The van der Waals surface area contributed by atoms with E-state index in [1.54, 1.807) is 30.5 Å². The summed E-state index contributed by atoms with van der Waals surface area (Å²) >= 11 is 0. The maximum atomic E-state index is 12.3. The number of hydrogen-bond donors (Lipinski definition) is 1. The molecule has 0 radical (unpaired) electrons. The summed E-state index contributed by atoms with van der Waals surface area (Å²) in [5, 5.41) is 5.75. The molecule has 0 aliphatic rings. The first-order chi connectivity index (χ1) is 13.2. The smallest absolute Gasteiger partial charge is 0.225 e. The molecule has 3 rings (SSSR count). The Morgan fingerprint density at radius 1 is 1.07 bits per heavy atom. The molecule has 0 spiro atoms. The van der Waals surface area contributed by atoms with Crippen LogP contribution in [0.1, 0.15) is 24.6 Å². The van der Waals surface area contributed by atoms with Crippen molar-refractivity contribution in [2.75, 3.05) is 5.32 Å². The molecule has 1 aromatic heterocycles. The zero-order chi connectivity index (χ0) is 19.1. The molecule has 0 aliphatic heterocycles. The van der Waals surface area contributed by atoms with Crippen molar-refractivity contribution in [1.82, 2.24) is 9.97 Å². The predicted molar refractivity (Wildman–Crippen MR) is 106 cm³/mol. The molecular weight excluding hydrogens is 340 g/mol. The van der Waals surface area contributed by atoms with Gasteiger partial charge in [-0.1, -0.05) is 49.4 Å². The molecule has 0 bridgehead atoms. The number of nitrogens with zero attached hydrogens (tertiary/aromatic N) is 3. The highest BCUT2D eigenvalue weighted by molar-refractivity contribution is 5.90. The summed E-state index contributed by atoms with van der Waals surface area (Å²) in [5.41, 5.74) is 3.74. The number of aromatic nitrogens is 2. The summed E-state index contributed by atoms with van der Waals surface area (Å²) in [4.78, 5) is 31.8. The van der Waals surface area contributed by atoms with Crippen molar-refractivity contribution in [3.05, 3.63) is 77.0 Å². The summed E-state index contributed by atoms with van der Waals surface area (Å²) in [6.07, 6.45) is 3.33. The fourth-order valence-corrected chi connectivity index (χ4v) is 2.71. The Morgan fingerprint density at radius 2 is 1.81 bits per heavy atom. The van der Waals surface area contributed by atoms with E-state index >= 15 is 0 Å². The molecule has 0 atom stereocenters. The Morgan fingerprint density at radius 3 is 2.48 bits per heavy atom. The van der Waals surface area contributed by atoms with Gasteiger partial charge in [0.25, 0.3) is 0 Å². The molecule has 6 nitrogen and oxygen atoms in total. The highest BCUT2D eigenvalue weighted by Gasteiger charge is 2.11. The van der Waals surface area contributed by atoms with E-state index in [1.165, 1.54) is 0 Å². The number of carbonyl (C=O) groups is 1. The van der Waals surface area contributed by atoms with Crippen LogP contribution in [0.4, 0.5) is 11.5 Å². The second-order valence-corrected chi connectivity index (χ2v) is 6.08. The summed E-state index contributed by atoms with van der Waals surface area (Å²) in [7, 11) is 0. The van der Waals surface area contributed by atoms with Gasteiger partial charge in [-0.2, -0.15) is 0 Å². The van der Waals surface area contributed by atoms with Crippen molar-refractivity contribution < 1.29 is 4.79 Å². The second kappa shape index (κ2) is 8.80. The van der Waals surface area contributed by atoms with Gasteiger partial charge >= 0.3 is 0 Å². The number of rotatable bonds is 7. The molecule has 0 unspecified atom stereocenters. The highest BCUT2D eigenvalue weighted by atomic mass is 16.3. The third-order valence-corrected chi connectivity index (χ3v) is 4.19. The fraction of sp³-hybridized carbons (Fsp3) is 0.190. The summed E-state index contributed by atoms with van der Waals surface area (Å²) in [5.74, 6) is 0.405. The lowest BCUT2D eigenvalue weighted by atomic mass is 10.1. The number of amides is 1. The molecule has 3 aromatic rings. The van der Waals surface area contributed by atoms with Gasteiger partial charge in [-0.05, 0) is 35.7 Å². The minimum Gasteiger partial charge on any atom is -0.309 e. The van der Waals surface area contributed by atoms with Crippen LogP contribution in [-0.2, 0) is 17.6 Å². The molecule has 1 heterocycles. The number of aryl methyl sites for hydroxylation is 2. The van der Waals surface area contributed by atoms with E-state index in [0.717, 1.165) is 16.8 Å². The van der Waals surface area contributed by atoms with Crippen molar-refractivity contribution in [3.8, 4) is 11.3 Å². The van der Waals surface area contributed by atoms with Gasteiger partial charge in [0.1, 0.15) is 5.69 Å². The quantitative estimate of drug-likeness (QED) is 0.620. The first-order valence-corrected chi connectivity index (χ1v) is 8.83. The number of hydrogen-bond acceptors (Lipinski definition) is 5. The molecule has 0 fully saturated rings. The number of nitrogens with one attached hydrogen (secondary N) is 1. The van der Waals surface area contributed by atoms with E-state index in [2.05, 4.69) is 20.5 Å². The van der Waals surface area contributed by atoms with Gasteiger partial charge in [0.15, 0.2) is 5.82 Å². The Bertz CT molecular complexity index is 925. The molecule has 2 aromatic carbocycles.